The Hall–Kier alpha value is -2.53. The van der Waals surface area contributed by atoms with Crippen LogP contribution in [0.3, 0.4) is 0 Å². The van der Waals surface area contributed by atoms with Crippen molar-refractivity contribution in [3.05, 3.63) is 58.6 Å². The van der Waals surface area contributed by atoms with Crippen molar-refractivity contribution >= 4 is 29.1 Å². The molecule has 0 saturated carbocycles. The minimum Gasteiger partial charge on any atom is -0.480 e. The largest absolute Gasteiger partial charge is 0.480 e. The van der Waals surface area contributed by atoms with E-state index in [1.807, 2.05) is 31.2 Å². The highest BCUT2D eigenvalue weighted by Crippen LogP contribution is 2.33. The molecular formula is C19H19ClN2O3. The first-order valence-electron chi connectivity index (χ1n) is 8.05. The van der Waals surface area contributed by atoms with Crippen molar-refractivity contribution < 1.29 is 14.3 Å². The maximum Gasteiger partial charge on any atom is 0.268 e. The van der Waals surface area contributed by atoms with Gasteiger partial charge in [0.15, 0.2) is 6.10 Å². The molecule has 1 aliphatic rings. The van der Waals surface area contributed by atoms with Crippen LogP contribution in [0.25, 0.3) is 0 Å². The number of nitrogens with zero attached hydrogens (tertiary/aromatic N) is 1. The first-order valence-corrected chi connectivity index (χ1v) is 8.43. The van der Waals surface area contributed by atoms with E-state index < -0.39 is 12.0 Å². The van der Waals surface area contributed by atoms with Crippen LogP contribution in [0, 0.1) is 0 Å². The average Bonchev–Trinajstić information content (AvgIpc) is 2.91. The molecule has 1 heterocycles. The van der Waals surface area contributed by atoms with Gasteiger partial charge in [-0.15, -0.1) is 0 Å². The number of rotatable bonds is 4. The van der Waals surface area contributed by atoms with E-state index in [1.54, 1.807) is 24.0 Å². The second-order valence-corrected chi connectivity index (χ2v) is 6.59. The number of carbonyl (C=O) groups is 2. The van der Waals surface area contributed by atoms with Crippen molar-refractivity contribution in [2.45, 2.75) is 32.4 Å². The molecule has 0 aromatic heterocycles. The van der Waals surface area contributed by atoms with Crippen molar-refractivity contribution in [2.24, 2.45) is 5.73 Å². The van der Waals surface area contributed by atoms with E-state index >= 15 is 0 Å². The maximum atomic E-state index is 12.9. The maximum absolute atomic E-state index is 12.9. The Balaban J connectivity index is 1.84. The molecule has 0 unspecified atom stereocenters. The summed E-state index contributed by atoms with van der Waals surface area (Å²) in [5.74, 6) is -0.572. The summed E-state index contributed by atoms with van der Waals surface area (Å²) in [6.07, 6.45) is 0.0372. The Morgan fingerprint density at radius 3 is 2.72 bits per heavy atom. The van der Waals surface area contributed by atoms with Crippen LogP contribution in [0.2, 0.25) is 5.02 Å². The molecule has 0 saturated heterocycles. The van der Waals surface area contributed by atoms with Crippen LogP contribution in [0.4, 0.5) is 5.69 Å². The van der Waals surface area contributed by atoms with Gasteiger partial charge in [-0.2, -0.15) is 0 Å². The average molecular weight is 359 g/mol. The van der Waals surface area contributed by atoms with Crippen LogP contribution in [-0.4, -0.2) is 24.0 Å². The summed E-state index contributed by atoms with van der Waals surface area (Å²) in [7, 11) is 0. The molecule has 3 rings (SSSR count). The number of fused-ring (bicyclic) bond motifs is 1. The Bertz CT molecular complexity index is 837. The molecule has 2 aromatic rings. The smallest absolute Gasteiger partial charge is 0.268 e. The topological polar surface area (TPSA) is 72.6 Å². The minimum absolute atomic E-state index is 0.0526. The van der Waals surface area contributed by atoms with E-state index in [2.05, 4.69) is 0 Å². The lowest BCUT2D eigenvalue weighted by Crippen LogP contribution is -2.43. The highest BCUT2D eigenvalue weighted by molar-refractivity contribution is 6.31. The summed E-state index contributed by atoms with van der Waals surface area (Å²) >= 11 is 5.90. The quantitative estimate of drug-likeness (QED) is 0.912. The van der Waals surface area contributed by atoms with E-state index in [4.69, 9.17) is 22.1 Å². The monoisotopic (exact) mass is 358 g/mol. The molecule has 6 heteroatoms. The van der Waals surface area contributed by atoms with Gasteiger partial charge in [0.1, 0.15) is 5.75 Å². The van der Waals surface area contributed by atoms with Gasteiger partial charge in [-0.1, -0.05) is 29.8 Å². The fraction of sp³-hybridized carbons (Fsp3) is 0.263. The normalized spacial score (nSPS) is 17.1. The lowest BCUT2D eigenvalue weighted by molar-refractivity contribution is -0.124. The second-order valence-electron chi connectivity index (χ2n) is 6.15. The number of para-hydroxylation sites is 1. The van der Waals surface area contributed by atoms with Crippen molar-refractivity contribution in [3.63, 3.8) is 0 Å². The van der Waals surface area contributed by atoms with Crippen LogP contribution < -0.4 is 15.4 Å². The molecule has 130 valence electrons. The van der Waals surface area contributed by atoms with Gasteiger partial charge >= 0.3 is 0 Å². The van der Waals surface area contributed by atoms with E-state index in [1.165, 1.54) is 6.07 Å². The SMILES string of the molecule is C[C@@H]1Cc2ccccc2N1C(=O)[C@@H](C)Oc1ccc(Cl)cc1C(N)=O. The molecular weight excluding hydrogens is 340 g/mol. The van der Waals surface area contributed by atoms with Gasteiger partial charge in [0.05, 0.1) is 5.56 Å². The Kier molecular flexibility index (Phi) is 4.68. The molecule has 0 spiro atoms. The number of carbonyl (C=O) groups excluding carboxylic acids is 2. The molecule has 0 bridgehead atoms. The first kappa shape index (κ1) is 17.3. The highest BCUT2D eigenvalue weighted by atomic mass is 35.5. The summed E-state index contributed by atoms with van der Waals surface area (Å²) in [5, 5.41) is 0.377. The summed E-state index contributed by atoms with van der Waals surface area (Å²) < 4.78 is 5.75. The molecule has 5 nitrogen and oxygen atoms in total. The number of hydrogen-bond acceptors (Lipinski definition) is 3. The third-order valence-corrected chi connectivity index (χ3v) is 4.54. The second kappa shape index (κ2) is 6.76. The number of halogens is 1. The van der Waals surface area contributed by atoms with Crippen LogP contribution in [0.1, 0.15) is 29.8 Å². The van der Waals surface area contributed by atoms with Crippen molar-refractivity contribution in [3.8, 4) is 5.75 Å². The van der Waals surface area contributed by atoms with E-state index in [0.717, 1.165) is 17.7 Å². The lowest BCUT2D eigenvalue weighted by Gasteiger charge is -2.26. The zero-order chi connectivity index (χ0) is 18.1. The van der Waals surface area contributed by atoms with Crippen LogP contribution in [0.5, 0.6) is 5.75 Å². The molecule has 0 radical (unpaired) electrons. The number of hydrogen-bond donors (Lipinski definition) is 1. The van der Waals surface area contributed by atoms with Crippen molar-refractivity contribution in [1.82, 2.24) is 0 Å². The van der Waals surface area contributed by atoms with Gasteiger partial charge in [0.25, 0.3) is 11.8 Å². The fourth-order valence-electron chi connectivity index (χ4n) is 3.14. The number of nitrogens with two attached hydrogens (primary N) is 1. The summed E-state index contributed by atoms with van der Waals surface area (Å²) in [5.41, 5.74) is 7.57. The molecule has 1 aliphatic heterocycles. The summed E-state index contributed by atoms with van der Waals surface area (Å²) in [6, 6.07) is 12.5. The molecule has 2 aromatic carbocycles. The van der Waals surface area contributed by atoms with E-state index in [9.17, 15) is 9.59 Å². The zero-order valence-electron chi connectivity index (χ0n) is 14.0. The van der Waals surface area contributed by atoms with Crippen molar-refractivity contribution in [1.29, 1.82) is 0 Å². The molecule has 2 N–H and O–H groups in total. The molecule has 0 aliphatic carbocycles. The molecule has 2 amide bonds. The Labute approximate surface area is 151 Å². The summed E-state index contributed by atoms with van der Waals surface area (Å²) in [4.78, 5) is 26.3. The van der Waals surface area contributed by atoms with Gasteiger partial charge in [0, 0.05) is 16.8 Å². The standard InChI is InChI=1S/C19H19ClN2O3/c1-11-9-13-5-3-4-6-16(13)22(11)19(24)12(2)25-17-8-7-14(20)10-15(17)18(21)23/h3-8,10-12H,9H2,1-2H3,(H2,21,23)/t11-,12-/m1/s1. The van der Waals surface area contributed by atoms with Gasteiger partial charge in [-0.05, 0) is 50.1 Å². The number of ether oxygens (including phenoxy) is 1. The van der Waals surface area contributed by atoms with Crippen LogP contribution in [0.15, 0.2) is 42.5 Å². The predicted octanol–water partition coefficient (Wildman–Crippen LogP) is 3.18. The van der Waals surface area contributed by atoms with Gasteiger partial charge in [-0.3, -0.25) is 9.59 Å². The van der Waals surface area contributed by atoms with Gasteiger partial charge in [0.2, 0.25) is 0 Å². The highest BCUT2D eigenvalue weighted by Gasteiger charge is 2.34. The van der Waals surface area contributed by atoms with Gasteiger partial charge in [-0.25, -0.2) is 0 Å². The van der Waals surface area contributed by atoms with Crippen LogP contribution >= 0.6 is 11.6 Å². The minimum atomic E-state index is -0.770. The van der Waals surface area contributed by atoms with Crippen LogP contribution in [-0.2, 0) is 11.2 Å². The number of primary amides is 1. The Morgan fingerprint density at radius 2 is 2.00 bits per heavy atom. The molecule has 25 heavy (non-hydrogen) atoms. The number of anilines is 1. The fourth-order valence-corrected chi connectivity index (χ4v) is 3.31. The number of amides is 2. The molecule has 2 atom stereocenters. The third kappa shape index (κ3) is 3.33. The van der Waals surface area contributed by atoms with Crippen molar-refractivity contribution in [2.75, 3.05) is 4.90 Å². The third-order valence-electron chi connectivity index (χ3n) is 4.30. The Morgan fingerprint density at radius 1 is 1.28 bits per heavy atom. The van der Waals surface area contributed by atoms with E-state index in [0.29, 0.717) is 5.02 Å². The molecule has 0 fully saturated rings. The number of benzene rings is 2. The van der Waals surface area contributed by atoms with Gasteiger partial charge < -0.3 is 15.4 Å². The van der Waals surface area contributed by atoms with E-state index in [-0.39, 0.29) is 23.3 Å². The lowest BCUT2D eigenvalue weighted by atomic mass is 10.1. The summed E-state index contributed by atoms with van der Waals surface area (Å²) in [6.45, 7) is 3.66. The zero-order valence-corrected chi connectivity index (χ0v) is 14.8. The first-order chi connectivity index (χ1) is 11.9. The predicted molar refractivity (Wildman–Crippen MR) is 97.2 cm³/mol.